The molecule has 2 aliphatic rings. The summed E-state index contributed by atoms with van der Waals surface area (Å²) in [5.74, 6) is -0.914. The lowest BCUT2D eigenvalue weighted by molar-refractivity contribution is -0.186. The topological polar surface area (TPSA) is 77.8 Å². The van der Waals surface area contributed by atoms with Crippen LogP contribution in [0.25, 0.3) is 11.0 Å². The van der Waals surface area contributed by atoms with Crippen molar-refractivity contribution in [2.75, 3.05) is 13.2 Å². The van der Waals surface area contributed by atoms with Crippen LogP contribution < -0.4 is 10.9 Å². The predicted molar refractivity (Wildman–Crippen MR) is 91.5 cm³/mol. The Balaban J connectivity index is 1.41. The van der Waals surface area contributed by atoms with E-state index >= 15 is 0 Å². The molecule has 1 spiro atoms. The number of benzene rings is 1. The summed E-state index contributed by atoms with van der Waals surface area (Å²) >= 11 is 0. The van der Waals surface area contributed by atoms with E-state index in [0.717, 1.165) is 25.7 Å². The van der Waals surface area contributed by atoms with Gasteiger partial charge in [0.15, 0.2) is 5.79 Å². The van der Waals surface area contributed by atoms with Gasteiger partial charge in [-0.15, -0.1) is 0 Å². The summed E-state index contributed by atoms with van der Waals surface area (Å²) in [5, 5.41) is 3.48. The van der Waals surface area contributed by atoms with Gasteiger partial charge < -0.3 is 19.2 Å². The van der Waals surface area contributed by atoms with Crippen molar-refractivity contribution < 1.29 is 18.7 Å². The fraction of sp³-hybridized carbons (Fsp3) is 0.474. The second-order valence-electron chi connectivity index (χ2n) is 6.72. The first-order valence-corrected chi connectivity index (χ1v) is 8.78. The van der Waals surface area contributed by atoms with Crippen LogP contribution in [-0.2, 0) is 9.47 Å². The maximum atomic E-state index is 12.4. The zero-order chi connectivity index (χ0) is 17.3. The smallest absolute Gasteiger partial charge is 0.349 e. The molecule has 1 aromatic carbocycles. The monoisotopic (exact) mass is 343 g/mol. The molecule has 4 rings (SSSR count). The van der Waals surface area contributed by atoms with Gasteiger partial charge in [0.25, 0.3) is 5.91 Å². The maximum absolute atomic E-state index is 12.4. The molecular formula is C19H21NO5. The van der Waals surface area contributed by atoms with Gasteiger partial charge in [-0.25, -0.2) is 4.79 Å². The Hall–Kier alpha value is -2.18. The average molecular weight is 343 g/mol. The molecule has 1 amide bonds. The van der Waals surface area contributed by atoms with E-state index in [-0.39, 0.29) is 11.7 Å². The number of para-hydroxylation sites is 1. The van der Waals surface area contributed by atoms with Crippen molar-refractivity contribution in [1.29, 1.82) is 0 Å². The maximum Gasteiger partial charge on any atom is 0.349 e. The highest BCUT2D eigenvalue weighted by Crippen LogP contribution is 2.37. The molecule has 1 atom stereocenters. The van der Waals surface area contributed by atoms with Crippen molar-refractivity contribution in [3.05, 3.63) is 46.3 Å². The van der Waals surface area contributed by atoms with Crippen molar-refractivity contribution in [3.8, 4) is 0 Å². The fourth-order valence-corrected chi connectivity index (χ4v) is 3.59. The normalized spacial score (nSPS) is 22.3. The second-order valence-corrected chi connectivity index (χ2v) is 6.72. The molecule has 25 heavy (non-hydrogen) atoms. The number of fused-ring (bicyclic) bond motifs is 1. The molecule has 1 N–H and O–H groups in total. The van der Waals surface area contributed by atoms with Crippen LogP contribution in [0.2, 0.25) is 0 Å². The van der Waals surface area contributed by atoms with Crippen LogP contribution in [0.4, 0.5) is 0 Å². The molecule has 0 bridgehead atoms. The SMILES string of the molecule is O=C(NC[C@@H]1COC2(CCCCC2)O1)c1cc2ccccc2oc1=O. The highest BCUT2D eigenvalue weighted by Gasteiger charge is 2.42. The van der Waals surface area contributed by atoms with Gasteiger partial charge in [0.05, 0.1) is 6.61 Å². The van der Waals surface area contributed by atoms with Crippen molar-refractivity contribution in [1.82, 2.24) is 5.32 Å². The Morgan fingerprint density at radius 1 is 1.20 bits per heavy atom. The van der Waals surface area contributed by atoms with Crippen LogP contribution in [0, 0.1) is 0 Å². The molecule has 1 saturated heterocycles. The number of hydrogen-bond donors (Lipinski definition) is 1. The number of hydrogen-bond acceptors (Lipinski definition) is 5. The Morgan fingerprint density at radius 3 is 2.84 bits per heavy atom. The van der Waals surface area contributed by atoms with Crippen LogP contribution >= 0.6 is 0 Å². The van der Waals surface area contributed by atoms with Crippen LogP contribution in [0.5, 0.6) is 0 Å². The van der Waals surface area contributed by atoms with E-state index in [1.54, 1.807) is 24.3 Å². The fourth-order valence-electron chi connectivity index (χ4n) is 3.59. The van der Waals surface area contributed by atoms with E-state index in [1.807, 2.05) is 6.07 Å². The Morgan fingerprint density at radius 2 is 2.00 bits per heavy atom. The highest BCUT2D eigenvalue weighted by atomic mass is 16.7. The van der Waals surface area contributed by atoms with Crippen LogP contribution in [0.15, 0.2) is 39.5 Å². The summed E-state index contributed by atoms with van der Waals surface area (Å²) < 4.78 is 17.1. The number of amides is 1. The van der Waals surface area contributed by atoms with Crippen molar-refractivity contribution in [3.63, 3.8) is 0 Å². The lowest BCUT2D eigenvalue weighted by atomic mass is 9.94. The minimum atomic E-state index is -0.636. The summed E-state index contributed by atoms with van der Waals surface area (Å²) in [6.07, 6.45) is 5.06. The number of rotatable bonds is 3. The zero-order valence-corrected chi connectivity index (χ0v) is 14.0. The Labute approximate surface area is 145 Å². The minimum absolute atomic E-state index is 0.00462. The van der Waals surface area contributed by atoms with Gasteiger partial charge in [-0.2, -0.15) is 0 Å². The van der Waals surface area contributed by atoms with Crippen molar-refractivity contribution in [2.24, 2.45) is 0 Å². The van der Waals surface area contributed by atoms with Gasteiger partial charge in [-0.05, 0) is 25.0 Å². The predicted octanol–water partition coefficient (Wildman–Crippen LogP) is 2.60. The molecule has 2 aromatic rings. The lowest BCUT2D eigenvalue weighted by Crippen LogP contribution is -2.38. The molecule has 1 aliphatic carbocycles. The van der Waals surface area contributed by atoms with E-state index in [9.17, 15) is 9.59 Å². The van der Waals surface area contributed by atoms with E-state index in [4.69, 9.17) is 13.9 Å². The molecule has 132 valence electrons. The third-order valence-electron chi connectivity index (χ3n) is 4.91. The second kappa shape index (κ2) is 6.61. The number of ether oxygens (including phenoxy) is 2. The Bertz CT molecular complexity index is 837. The first kappa shape index (κ1) is 16.3. The summed E-state index contributed by atoms with van der Waals surface area (Å²) in [5.41, 5.74) is -0.163. The molecule has 6 nitrogen and oxygen atoms in total. The number of carbonyl (C=O) groups excluding carboxylic acids is 1. The highest BCUT2D eigenvalue weighted by molar-refractivity contribution is 5.96. The largest absolute Gasteiger partial charge is 0.422 e. The third kappa shape index (κ3) is 3.32. The summed E-state index contributed by atoms with van der Waals surface area (Å²) in [4.78, 5) is 24.4. The van der Waals surface area contributed by atoms with E-state index in [1.165, 1.54) is 6.42 Å². The summed E-state index contributed by atoms with van der Waals surface area (Å²) in [6.45, 7) is 0.777. The molecule has 1 aliphatic heterocycles. The summed E-state index contributed by atoms with van der Waals surface area (Å²) in [7, 11) is 0. The molecule has 2 fully saturated rings. The molecule has 1 saturated carbocycles. The van der Waals surface area contributed by atoms with E-state index in [0.29, 0.717) is 24.1 Å². The standard InChI is InChI=1S/C19H21NO5/c21-17(15-10-13-6-2-3-7-16(13)24-18(15)22)20-11-14-12-23-19(25-14)8-4-1-5-9-19/h2-3,6-7,10,14H,1,4-5,8-9,11-12H2,(H,20,21)/t14-/m1/s1. The lowest BCUT2D eigenvalue weighted by Gasteiger charge is -2.31. The quantitative estimate of drug-likeness (QED) is 0.867. The van der Waals surface area contributed by atoms with Gasteiger partial charge >= 0.3 is 5.63 Å². The molecule has 2 heterocycles. The first-order valence-electron chi connectivity index (χ1n) is 8.78. The average Bonchev–Trinajstić information content (AvgIpc) is 3.02. The van der Waals surface area contributed by atoms with Gasteiger partial charge in [-0.1, -0.05) is 24.6 Å². The molecule has 6 heteroatoms. The Kier molecular flexibility index (Phi) is 4.31. The van der Waals surface area contributed by atoms with Gasteiger partial charge in [0.2, 0.25) is 0 Å². The zero-order valence-electron chi connectivity index (χ0n) is 14.0. The van der Waals surface area contributed by atoms with Crippen LogP contribution in [-0.4, -0.2) is 30.9 Å². The van der Waals surface area contributed by atoms with E-state index in [2.05, 4.69) is 5.32 Å². The van der Waals surface area contributed by atoms with Gasteiger partial charge in [0, 0.05) is 24.8 Å². The van der Waals surface area contributed by atoms with Crippen molar-refractivity contribution >= 4 is 16.9 Å². The van der Waals surface area contributed by atoms with Gasteiger partial charge in [-0.3, -0.25) is 4.79 Å². The summed E-state index contributed by atoms with van der Waals surface area (Å²) in [6, 6.07) is 8.67. The van der Waals surface area contributed by atoms with Crippen LogP contribution in [0.1, 0.15) is 42.5 Å². The van der Waals surface area contributed by atoms with Crippen molar-refractivity contribution in [2.45, 2.75) is 44.0 Å². The molecular weight excluding hydrogens is 322 g/mol. The molecule has 0 unspecified atom stereocenters. The number of carbonyl (C=O) groups is 1. The van der Waals surface area contributed by atoms with Gasteiger partial charge in [0.1, 0.15) is 17.3 Å². The molecule has 0 radical (unpaired) electrons. The van der Waals surface area contributed by atoms with Crippen LogP contribution in [0.3, 0.4) is 0 Å². The van der Waals surface area contributed by atoms with E-state index < -0.39 is 17.3 Å². The molecule has 1 aromatic heterocycles. The number of nitrogens with one attached hydrogen (secondary N) is 1. The minimum Gasteiger partial charge on any atom is -0.422 e. The third-order valence-corrected chi connectivity index (χ3v) is 4.91. The first-order chi connectivity index (χ1) is 12.2.